The summed E-state index contributed by atoms with van der Waals surface area (Å²) in [5, 5.41) is 4.71. The van der Waals surface area contributed by atoms with Crippen molar-refractivity contribution in [2.24, 2.45) is 0 Å². The van der Waals surface area contributed by atoms with E-state index >= 15 is 0 Å². The van der Waals surface area contributed by atoms with Crippen molar-refractivity contribution in [2.45, 2.75) is 19.8 Å². The number of nitrogens with two attached hydrogens (primary N) is 1. The third kappa shape index (κ3) is 2.53. The lowest BCUT2D eigenvalue weighted by Crippen LogP contribution is -1.92. The molecule has 2 aromatic rings. The number of halogens is 2. The summed E-state index contributed by atoms with van der Waals surface area (Å²) in [4.78, 5) is 4.24. The van der Waals surface area contributed by atoms with Crippen LogP contribution in [0.15, 0.2) is 16.7 Å². The molecule has 2 N–H and O–H groups in total. The van der Waals surface area contributed by atoms with Gasteiger partial charge in [-0.3, -0.25) is 0 Å². The van der Waals surface area contributed by atoms with E-state index in [-0.39, 0.29) is 0 Å². The lowest BCUT2D eigenvalue weighted by molar-refractivity contribution is 0.422. The number of hydrogen-bond donors (Lipinski definition) is 1. The van der Waals surface area contributed by atoms with Crippen LogP contribution in [0.2, 0.25) is 10.0 Å². The summed E-state index contributed by atoms with van der Waals surface area (Å²) in [6, 6.07) is 3.23. The summed E-state index contributed by atoms with van der Waals surface area (Å²) in [6.45, 7) is 2.04. The van der Waals surface area contributed by atoms with E-state index in [1.165, 1.54) is 0 Å². The van der Waals surface area contributed by atoms with Gasteiger partial charge in [0.15, 0.2) is 5.82 Å². The van der Waals surface area contributed by atoms with Gasteiger partial charge in [0, 0.05) is 11.4 Å². The number of anilines is 1. The van der Waals surface area contributed by atoms with Crippen molar-refractivity contribution in [3.05, 3.63) is 28.0 Å². The fraction of sp³-hybridized carbons (Fsp3) is 0.273. The van der Waals surface area contributed by atoms with Crippen LogP contribution < -0.4 is 5.73 Å². The smallest absolute Gasteiger partial charge is 0.260 e. The van der Waals surface area contributed by atoms with Gasteiger partial charge in [-0.15, -0.1) is 0 Å². The first kappa shape index (κ1) is 12.2. The molecule has 0 unspecified atom stereocenters. The average Bonchev–Trinajstić information content (AvgIpc) is 2.72. The summed E-state index contributed by atoms with van der Waals surface area (Å²) in [7, 11) is 0. The Hall–Kier alpha value is -1.26. The SMILES string of the molecule is CCCc1noc(-c2cc(Cl)cc(Cl)c2N)n1. The minimum Gasteiger partial charge on any atom is -0.397 e. The van der Waals surface area contributed by atoms with Gasteiger partial charge in [-0.2, -0.15) is 4.98 Å². The Morgan fingerprint density at radius 3 is 2.82 bits per heavy atom. The van der Waals surface area contributed by atoms with Crippen molar-refractivity contribution in [1.29, 1.82) is 0 Å². The molecule has 0 bridgehead atoms. The van der Waals surface area contributed by atoms with E-state index < -0.39 is 0 Å². The molecule has 0 aliphatic rings. The monoisotopic (exact) mass is 271 g/mol. The van der Waals surface area contributed by atoms with Gasteiger partial charge in [-0.25, -0.2) is 0 Å². The van der Waals surface area contributed by atoms with Crippen LogP contribution in [-0.2, 0) is 6.42 Å². The number of nitrogen functional groups attached to an aromatic ring is 1. The summed E-state index contributed by atoms with van der Waals surface area (Å²) in [6.07, 6.45) is 1.71. The van der Waals surface area contributed by atoms with Crippen LogP contribution in [0.25, 0.3) is 11.5 Å². The minimum absolute atomic E-state index is 0.343. The first-order chi connectivity index (χ1) is 8.11. The molecule has 90 valence electrons. The minimum atomic E-state index is 0.343. The van der Waals surface area contributed by atoms with Crippen molar-refractivity contribution in [3.63, 3.8) is 0 Å². The Morgan fingerprint density at radius 1 is 1.35 bits per heavy atom. The maximum atomic E-state index is 5.94. The fourth-order valence-corrected chi connectivity index (χ4v) is 1.94. The van der Waals surface area contributed by atoms with Gasteiger partial charge < -0.3 is 10.3 Å². The van der Waals surface area contributed by atoms with E-state index in [2.05, 4.69) is 10.1 Å². The van der Waals surface area contributed by atoms with Crippen LogP contribution >= 0.6 is 23.2 Å². The van der Waals surface area contributed by atoms with E-state index in [0.717, 1.165) is 12.8 Å². The number of nitrogens with zero attached hydrogens (tertiary/aromatic N) is 2. The molecule has 17 heavy (non-hydrogen) atoms. The van der Waals surface area contributed by atoms with Gasteiger partial charge in [0.25, 0.3) is 5.89 Å². The predicted molar refractivity (Wildman–Crippen MR) is 68.2 cm³/mol. The molecule has 0 aliphatic heterocycles. The molecule has 1 aromatic heterocycles. The van der Waals surface area contributed by atoms with E-state index in [1.54, 1.807) is 12.1 Å². The summed E-state index contributed by atoms with van der Waals surface area (Å²) < 4.78 is 5.14. The molecule has 0 radical (unpaired) electrons. The van der Waals surface area contributed by atoms with E-state index in [4.69, 9.17) is 33.5 Å². The molecular formula is C11H11Cl2N3O. The van der Waals surface area contributed by atoms with Crippen molar-refractivity contribution in [2.75, 3.05) is 5.73 Å². The molecule has 2 rings (SSSR count). The highest BCUT2D eigenvalue weighted by atomic mass is 35.5. The molecule has 0 fully saturated rings. The van der Waals surface area contributed by atoms with Gasteiger partial charge in [0.1, 0.15) is 0 Å². The largest absolute Gasteiger partial charge is 0.397 e. The van der Waals surface area contributed by atoms with Crippen LogP contribution in [0.3, 0.4) is 0 Å². The first-order valence-corrected chi connectivity index (χ1v) is 5.95. The lowest BCUT2D eigenvalue weighted by atomic mass is 10.2. The number of rotatable bonds is 3. The van der Waals surface area contributed by atoms with Gasteiger partial charge in [-0.05, 0) is 18.6 Å². The zero-order valence-electron chi connectivity index (χ0n) is 9.20. The highest BCUT2D eigenvalue weighted by Gasteiger charge is 2.14. The Morgan fingerprint density at radius 2 is 2.12 bits per heavy atom. The standard InChI is InChI=1S/C11H11Cl2N3O/c1-2-3-9-15-11(17-16-9)7-4-6(12)5-8(13)10(7)14/h4-5H,2-3,14H2,1H3. The summed E-state index contributed by atoms with van der Waals surface area (Å²) >= 11 is 11.8. The highest BCUT2D eigenvalue weighted by Crippen LogP contribution is 2.33. The van der Waals surface area contributed by atoms with Crippen LogP contribution in [0, 0.1) is 0 Å². The van der Waals surface area contributed by atoms with Crippen LogP contribution in [0.5, 0.6) is 0 Å². The average molecular weight is 272 g/mol. The Bertz CT molecular complexity index is 540. The predicted octanol–water partition coefficient (Wildman–Crippen LogP) is 3.58. The van der Waals surface area contributed by atoms with Gasteiger partial charge in [0.05, 0.1) is 16.3 Å². The summed E-state index contributed by atoms with van der Waals surface area (Å²) in [5.74, 6) is 0.994. The third-order valence-corrected chi connectivity index (χ3v) is 2.80. The van der Waals surface area contributed by atoms with Gasteiger partial charge in [0.2, 0.25) is 0 Å². The number of aromatic nitrogens is 2. The number of hydrogen-bond acceptors (Lipinski definition) is 4. The van der Waals surface area contributed by atoms with E-state index in [9.17, 15) is 0 Å². The second-order valence-electron chi connectivity index (χ2n) is 3.61. The Balaban J connectivity index is 2.44. The molecule has 0 spiro atoms. The molecule has 0 aliphatic carbocycles. The van der Waals surface area contributed by atoms with Crippen molar-refractivity contribution >= 4 is 28.9 Å². The lowest BCUT2D eigenvalue weighted by Gasteiger charge is -2.03. The summed E-state index contributed by atoms with van der Waals surface area (Å²) in [5.41, 5.74) is 6.81. The van der Waals surface area contributed by atoms with Crippen molar-refractivity contribution in [1.82, 2.24) is 10.1 Å². The highest BCUT2D eigenvalue weighted by molar-refractivity contribution is 6.37. The molecule has 0 saturated heterocycles. The molecular weight excluding hydrogens is 261 g/mol. The molecule has 4 nitrogen and oxygen atoms in total. The van der Waals surface area contributed by atoms with Crippen LogP contribution in [-0.4, -0.2) is 10.1 Å². The Kier molecular flexibility index (Phi) is 3.54. The van der Waals surface area contributed by atoms with E-state index in [0.29, 0.717) is 33.0 Å². The second kappa shape index (κ2) is 4.94. The maximum absolute atomic E-state index is 5.94. The van der Waals surface area contributed by atoms with Crippen molar-refractivity contribution in [3.8, 4) is 11.5 Å². The molecule has 1 aromatic carbocycles. The topological polar surface area (TPSA) is 64.9 Å². The zero-order chi connectivity index (χ0) is 12.4. The van der Waals surface area contributed by atoms with Crippen LogP contribution in [0.4, 0.5) is 5.69 Å². The Labute approximate surface area is 109 Å². The van der Waals surface area contributed by atoms with Crippen molar-refractivity contribution < 1.29 is 4.52 Å². The molecule has 1 heterocycles. The van der Waals surface area contributed by atoms with Gasteiger partial charge in [-0.1, -0.05) is 35.3 Å². The van der Waals surface area contributed by atoms with Gasteiger partial charge >= 0.3 is 0 Å². The maximum Gasteiger partial charge on any atom is 0.260 e. The first-order valence-electron chi connectivity index (χ1n) is 5.19. The number of benzene rings is 1. The third-order valence-electron chi connectivity index (χ3n) is 2.27. The molecule has 0 amide bonds. The molecule has 0 saturated carbocycles. The van der Waals surface area contributed by atoms with E-state index in [1.807, 2.05) is 6.92 Å². The zero-order valence-corrected chi connectivity index (χ0v) is 10.7. The molecule has 0 atom stereocenters. The number of aryl methyl sites for hydroxylation is 1. The quantitative estimate of drug-likeness (QED) is 0.867. The second-order valence-corrected chi connectivity index (χ2v) is 4.46. The fourth-order valence-electron chi connectivity index (χ4n) is 1.45. The molecule has 6 heteroatoms. The van der Waals surface area contributed by atoms with Crippen LogP contribution in [0.1, 0.15) is 19.2 Å². The normalized spacial score (nSPS) is 10.8.